The van der Waals surface area contributed by atoms with Gasteiger partial charge in [-0.15, -0.1) is 0 Å². The lowest BCUT2D eigenvalue weighted by Crippen LogP contribution is -2.38. The zero-order valence-corrected chi connectivity index (χ0v) is 14.0. The highest BCUT2D eigenvalue weighted by molar-refractivity contribution is 5.97. The fraction of sp³-hybridized carbons (Fsp3) is 0.333. The van der Waals surface area contributed by atoms with Crippen LogP contribution in [0.2, 0.25) is 0 Å². The van der Waals surface area contributed by atoms with Crippen molar-refractivity contribution in [2.24, 2.45) is 0 Å². The molecule has 126 valence electrons. The van der Waals surface area contributed by atoms with Crippen molar-refractivity contribution in [3.63, 3.8) is 0 Å². The summed E-state index contributed by atoms with van der Waals surface area (Å²) in [5.74, 6) is 1.05. The van der Waals surface area contributed by atoms with Crippen LogP contribution < -0.4 is 15.0 Å². The predicted molar refractivity (Wildman–Crippen MR) is 89.2 cm³/mol. The summed E-state index contributed by atoms with van der Waals surface area (Å²) in [6.07, 6.45) is 0. The first kappa shape index (κ1) is 16.1. The largest absolute Gasteiger partial charge is 0.482 e. The van der Waals surface area contributed by atoms with Gasteiger partial charge >= 0.3 is 0 Å². The van der Waals surface area contributed by atoms with Gasteiger partial charge in [0.1, 0.15) is 11.5 Å². The number of aryl methyl sites for hydroxylation is 1. The molecule has 0 spiro atoms. The molecule has 6 nitrogen and oxygen atoms in total. The quantitative estimate of drug-likeness (QED) is 0.936. The van der Waals surface area contributed by atoms with Gasteiger partial charge in [-0.05, 0) is 50.6 Å². The van der Waals surface area contributed by atoms with Crippen molar-refractivity contribution in [3.8, 4) is 5.75 Å². The number of furan rings is 1. The van der Waals surface area contributed by atoms with E-state index in [9.17, 15) is 9.59 Å². The first-order valence-electron chi connectivity index (χ1n) is 7.87. The molecule has 24 heavy (non-hydrogen) atoms. The van der Waals surface area contributed by atoms with Gasteiger partial charge < -0.3 is 14.5 Å². The molecule has 2 amide bonds. The van der Waals surface area contributed by atoms with Gasteiger partial charge in [0, 0.05) is 6.04 Å². The van der Waals surface area contributed by atoms with Gasteiger partial charge in [0.25, 0.3) is 11.8 Å². The number of hydrogen-bond acceptors (Lipinski definition) is 4. The van der Waals surface area contributed by atoms with Crippen LogP contribution in [-0.2, 0) is 11.3 Å². The fourth-order valence-corrected chi connectivity index (χ4v) is 2.56. The Morgan fingerprint density at radius 3 is 2.83 bits per heavy atom. The van der Waals surface area contributed by atoms with E-state index in [0.29, 0.717) is 11.5 Å². The van der Waals surface area contributed by atoms with E-state index < -0.39 is 0 Å². The topological polar surface area (TPSA) is 71.8 Å². The Morgan fingerprint density at radius 2 is 2.08 bits per heavy atom. The number of anilines is 1. The molecule has 1 N–H and O–H groups in total. The van der Waals surface area contributed by atoms with E-state index in [4.69, 9.17) is 9.15 Å². The van der Waals surface area contributed by atoms with E-state index in [1.807, 2.05) is 39.0 Å². The first-order valence-corrected chi connectivity index (χ1v) is 7.87. The van der Waals surface area contributed by atoms with Gasteiger partial charge in [-0.2, -0.15) is 0 Å². The lowest BCUT2D eigenvalue weighted by atomic mass is 10.1. The average molecular weight is 328 g/mol. The molecule has 1 aliphatic rings. The van der Waals surface area contributed by atoms with Crippen molar-refractivity contribution in [1.82, 2.24) is 5.32 Å². The zero-order valence-electron chi connectivity index (χ0n) is 14.0. The minimum atomic E-state index is -0.263. The molecular weight excluding hydrogens is 308 g/mol. The third-order valence-corrected chi connectivity index (χ3v) is 3.68. The average Bonchev–Trinajstić information content (AvgIpc) is 2.98. The predicted octanol–water partition coefficient (Wildman–Crippen LogP) is 2.65. The van der Waals surface area contributed by atoms with Crippen molar-refractivity contribution in [3.05, 3.63) is 47.4 Å². The second-order valence-corrected chi connectivity index (χ2v) is 6.13. The van der Waals surface area contributed by atoms with Gasteiger partial charge in [-0.25, -0.2) is 0 Å². The number of carbonyl (C=O) groups is 2. The van der Waals surface area contributed by atoms with Crippen LogP contribution in [0.25, 0.3) is 0 Å². The van der Waals surface area contributed by atoms with Gasteiger partial charge in [0.2, 0.25) is 0 Å². The number of nitrogens with zero attached hydrogens (tertiary/aromatic N) is 1. The first-order chi connectivity index (χ1) is 11.4. The summed E-state index contributed by atoms with van der Waals surface area (Å²) in [7, 11) is 0. The van der Waals surface area contributed by atoms with Crippen molar-refractivity contribution in [2.75, 3.05) is 11.5 Å². The summed E-state index contributed by atoms with van der Waals surface area (Å²) in [5.41, 5.74) is 1.75. The monoisotopic (exact) mass is 328 g/mol. The smallest absolute Gasteiger partial charge is 0.287 e. The maximum atomic E-state index is 12.2. The molecule has 0 saturated heterocycles. The second kappa shape index (κ2) is 6.39. The number of rotatable bonds is 4. The summed E-state index contributed by atoms with van der Waals surface area (Å²) in [6.45, 7) is 5.98. The summed E-state index contributed by atoms with van der Waals surface area (Å²) >= 11 is 0. The molecule has 0 fully saturated rings. The highest BCUT2D eigenvalue weighted by Gasteiger charge is 2.27. The van der Waals surface area contributed by atoms with Crippen molar-refractivity contribution in [2.45, 2.75) is 33.4 Å². The van der Waals surface area contributed by atoms with Crippen LogP contribution in [-0.4, -0.2) is 24.5 Å². The standard InChI is InChI=1S/C18H20N2O4/c1-11(2)19-18(22)16-7-5-13(24-16)9-20-14-8-12(3)4-6-15(14)23-10-17(20)21/h4-8,11H,9-10H2,1-3H3,(H,19,22). The number of ether oxygens (including phenoxy) is 1. The number of hydrogen-bond donors (Lipinski definition) is 1. The van der Waals surface area contributed by atoms with Gasteiger partial charge in [0.15, 0.2) is 12.4 Å². The van der Waals surface area contributed by atoms with E-state index in [2.05, 4.69) is 5.32 Å². The third-order valence-electron chi connectivity index (χ3n) is 3.68. The Labute approximate surface area is 140 Å². The van der Waals surface area contributed by atoms with Crippen LogP contribution in [0, 0.1) is 6.92 Å². The molecule has 0 bridgehead atoms. The molecule has 0 atom stereocenters. The maximum absolute atomic E-state index is 12.2. The Morgan fingerprint density at radius 1 is 1.29 bits per heavy atom. The van der Waals surface area contributed by atoms with Gasteiger partial charge in [-0.3, -0.25) is 14.5 Å². The Kier molecular flexibility index (Phi) is 4.29. The van der Waals surface area contributed by atoms with Crippen LogP contribution >= 0.6 is 0 Å². The minimum Gasteiger partial charge on any atom is -0.482 e. The van der Waals surface area contributed by atoms with E-state index in [1.165, 1.54) is 0 Å². The summed E-state index contributed by atoms with van der Waals surface area (Å²) < 4.78 is 11.1. The van der Waals surface area contributed by atoms with E-state index in [1.54, 1.807) is 17.0 Å². The normalized spacial score (nSPS) is 13.7. The lowest BCUT2D eigenvalue weighted by Gasteiger charge is -2.29. The van der Waals surface area contributed by atoms with Crippen LogP contribution in [0.15, 0.2) is 34.7 Å². The molecule has 1 aromatic carbocycles. The molecule has 1 aliphatic heterocycles. The molecule has 1 aromatic heterocycles. The van der Waals surface area contributed by atoms with E-state index in [0.717, 1.165) is 11.3 Å². The van der Waals surface area contributed by atoms with E-state index in [-0.39, 0.29) is 36.8 Å². The van der Waals surface area contributed by atoms with Crippen LogP contribution in [0.4, 0.5) is 5.69 Å². The molecule has 0 unspecified atom stereocenters. The summed E-state index contributed by atoms with van der Waals surface area (Å²) in [6, 6.07) is 9.06. The number of carbonyl (C=O) groups excluding carboxylic acids is 2. The maximum Gasteiger partial charge on any atom is 0.287 e. The van der Waals surface area contributed by atoms with Gasteiger partial charge in [0.05, 0.1) is 12.2 Å². The van der Waals surface area contributed by atoms with Crippen molar-refractivity contribution < 1.29 is 18.7 Å². The Hall–Kier alpha value is -2.76. The van der Waals surface area contributed by atoms with Crippen molar-refractivity contribution >= 4 is 17.5 Å². The number of fused-ring (bicyclic) bond motifs is 1. The molecule has 0 radical (unpaired) electrons. The molecule has 6 heteroatoms. The molecule has 3 rings (SSSR count). The number of nitrogens with one attached hydrogen (secondary N) is 1. The fourth-order valence-electron chi connectivity index (χ4n) is 2.56. The molecular formula is C18H20N2O4. The molecule has 2 heterocycles. The Bertz CT molecular complexity index is 779. The van der Waals surface area contributed by atoms with Crippen LogP contribution in [0.3, 0.4) is 0 Å². The molecule has 0 saturated carbocycles. The number of benzene rings is 1. The van der Waals surface area contributed by atoms with Gasteiger partial charge in [-0.1, -0.05) is 6.07 Å². The van der Waals surface area contributed by atoms with Crippen LogP contribution in [0.5, 0.6) is 5.75 Å². The second-order valence-electron chi connectivity index (χ2n) is 6.13. The summed E-state index contributed by atoms with van der Waals surface area (Å²) in [5, 5.41) is 2.77. The third kappa shape index (κ3) is 3.27. The Balaban J connectivity index is 1.82. The molecule has 2 aromatic rings. The van der Waals surface area contributed by atoms with E-state index >= 15 is 0 Å². The SMILES string of the molecule is Cc1ccc2c(c1)N(Cc1ccc(C(=O)NC(C)C)o1)C(=O)CO2. The molecule has 0 aliphatic carbocycles. The van der Waals surface area contributed by atoms with Crippen molar-refractivity contribution in [1.29, 1.82) is 0 Å². The minimum absolute atomic E-state index is 0.00252. The lowest BCUT2D eigenvalue weighted by molar-refractivity contribution is -0.121. The number of amides is 2. The highest BCUT2D eigenvalue weighted by Crippen LogP contribution is 2.34. The zero-order chi connectivity index (χ0) is 17.3. The summed E-state index contributed by atoms with van der Waals surface area (Å²) in [4.78, 5) is 25.8. The highest BCUT2D eigenvalue weighted by atomic mass is 16.5. The van der Waals surface area contributed by atoms with Crippen LogP contribution in [0.1, 0.15) is 35.7 Å².